The number of halogens is 2. The number of urea groups is 1. The molecule has 3 N–H and O–H groups in total. The van der Waals surface area contributed by atoms with Crippen molar-refractivity contribution in [3.63, 3.8) is 0 Å². The van der Waals surface area contributed by atoms with Crippen molar-refractivity contribution >= 4 is 51.6 Å². The third-order valence-electron chi connectivity index (χ3n) is 6.11. The topological polar surface area (TPSA) is 86.6 Å². The van der Waals surface area contributed by atoms with Gasteiger partial charge in [-0.2, -0.15) is 0 Å². The van der Waals surface area contributed by atoms with Gasteiger partial charge >= 0.3 is 12.0 Å². The fraction of sp³-hybridized carbons (Fsp3) is 0.267. The van der Waals surface area contributed by atoms with E-state index in [1.807, 2.05) is 36.4 Å². The second-order valence-electron chi connectivity index (χ2n) is 10.3. The lowest BCUT2D eigenvalue weighted by Gasteiger charge is -2.31. The summed E-state index contributed by atoms with van der Waals surface area (Å²) in [5, 5.41) is 16.4. The number of fused-ring (bicyclic) bond motifs is 1. The molecule has 0 fully saturated rings. The van der Waals surface area contributed by atoms with Crippen LogP contribution in [0.3, 0.4) is 0 Å². The second kappa shape index (κ2) is 11.8. The smallest absolute Gasteiger partial charge is 0.352 e. The predicted octanol–water partition coefficient (Wildman–Crippen LogP) is 7.88. The van der Waals surface area contributed by atoms with E-state index >= 15 is 0 Å². The molecule has 0 aliphatic heterocycles. The molecule has 0 saturated heterocycles. The van der Waals surface area contributed by atoms with Crippen LogP contribution >= 0.6 is 11.6 Å². The number of hydrogen-bond acceptors (Lipinski definition) is 3. The molecule has 0 unspecified atom stereocenters. The standard InChI is InChI=1S/C30H32ClFN4O3/c1-18(2)16-35(17-19(3)4)27-12-10-22(36-26-8-6-5-7-20(26)13-28(36)29(37)38)15-25(27)34-30(39)33-24-11-9-21(31)14-23(24)32/h5-15,18-19H,16-17H2,1-4H3,(H,37,38)(H2,33,34,39). The van der Waals surface area contributed by atoms with Crippen molar-refractivity contribution in [3.05, 3.63) is 83.3 Å². The molecule has 4 rings (SSSR count). The van der Waals surface area contributed by atoms with E-state index in [0.717, 1.165) is 35.7 Å². The first-order chi connectivity index (χ1) is 18.5. The SMILES string of the molecule is CC(C)CN(CC(C)C)c1ccc(-n2c(C(=O)O)cc3ccccc32)cc1NC(=O)Nc1ccc(Cl)cc1F. The van der Waals surface area contributed by atoms with Crippen molar-refractivity contribution in [2.45, 2.75) is 27.7 Å². The minimum atomic E-state index is -1.07. The Hall–Kier alpha value is -4.04. The van der Waals surface area contributed by atoms with Crippen LogP contribution in [0.1, 0.15) is 38.2 Å². The number of carbonyl (C=O) groups is 2. The lowest BCUT2D eigenvalue weighted by molar-refractivity contribution is 0.0688. The van der Waals surface area contributed by atoms with Gasteiger partial charge in [-0.1, -0.05) is 57.5 Å². The van der Waals surface area contributed by atoms with Crippen molar-refractivity contribution in [2.75, 3.05) is 28.6 Å². The number of hydrogen-bond donors (Lipinski definition) is 3. The largest absolute Gasteiger partial charge is 0.477 e. The van der Waals surface area contributed by atoms with E-state index in [2.05, 4.69) is 43.2 Å². The molecule has 0 bridgehead atoms. The zero-order valence-electron chi connectivity index (χ0n) is 22.3. The lowest BCUT2D eigenvalue weighted by atomic mass is 10.1. The number of amides is 2. The van der Waals surface area contributed by atoms with Gasteiger partial charge < -0.3 is 25.2 Å². The van der Waals surface area contributed by atoms with Crippen LogP contribution < -0.4 is 15.5 Å². The van der Waals surface area contributed by atoms with Crippen molar-refractivity contribution in [3.8, 4) is 5.69 Å². The Morgan fingerprint density at radius 2 is 1.59 bits per heavy atom. The van der Waals surface area contributed by atoms with Crippen LogP contribution in [0.15, 0.2) is 66.7 Å². The lowest BCUT2D eigenvalue weighted by Crippen LogP contribution is -2.32. The quantitative estimate of drug-likeness (QED) is 0.198. The highest BCUT2D eigenvalue weighted by Crippen LogP contribution is 2.33. The van der Waals surface area contributed by atoms with Gasteiger partial charge in [-0.15, -0.1) is 0 Å². The zero-order valence-corrected chi connectivity index (χ0v) is 23.1. The summed E-state index contributed by atoms with van der Waals surface area (Å²) in [7, 11) is 0. The van der Waals surface area contributed by atoms with Gasteiger partial charge in [-0.25, -0.2) is 14.0 Å². The fourth-order valence-corrected chi connectivity index (χ4v) is 4.81. The Bertz CT molecular complexity index is 1510. The maximum absolute atomic E-state index is 14.4. The summed E-state index contributed by atoms with van der Waals surface area (Å²) in [6.45, 7) is 9.97. The first-order valence-electron chi connectivity index (χ1n) is 12.8. The van der Waals surface area contributed by atoms with Crippen molar-refractivity contribution in [2.24, 2.45) is 11.8 Å². The molecule has 0 spiro atoms. The van der Waals surface area contributed by atoms with Crippen LogP contribution in [0.25, 0.3) is 16.6 Å². The number of aromatic nitrogens is 1. The Morgan fingerprint density at radius 1 is 0.923 bits per heavy atom. The number of nitrogens with one attached hydrogen (secondary N) is 2. The Balaban J connectivity index is 1.81. The molecule has 1 aromatic heterocycles. The molecule has 3 aromatic carbocycles. The molecule has 2 amide bonds. The number of para-hydroxylation sites is 1. The van der Waals surface area contributed by atoms with Gasteiger partial charge in [0.05, 0.1) is 22.6 Å². The van der Waals surface area contributed by atoms with E-state index < -0.39 is 17.8 Å². The van der Waals surface area contributed by atoms with E-state index in [1.54, 1.807) is 16.7 Å². The molecule has 39 heavy (non-hydrogen) atoms. The molecule has 9 heteroatoms. The van der Waals surface area contributed by atoms with E-state index in [4.69, 9.17) is 11.6 Å². The molecule has 0 radical (unpaired) electrons. The minimum absolute atomic E-state index is 0.0135. The van der Waals surface area contributed by atoms with Crippen LogP contribution in [0.5, 0.6) is 0 Å². The third-order valence-corrected chi connectivity index (χ3v) is 6.34. The predicted molar refractivity (Wildman–Crippen MR) is 156 cm³/mol. The number of carbonyl (C=O) groups excluding carboxylic acids is 1. The molecule has 204 valence electrons. The first kappa shape index (κ1) is 28.0. The highest BCUT2D eigenvalue weighted by atomic mass is 35.5. The van der Waals surface area contributed by atoms with Crippen LogP contribution in [0.2, 0.25) is 5.02 Å². The number of rotatable bonds is 9. The maximum Gasteiger partial charge on any atom is 0.352 e. The summed E-state index contributed by atoms with van der Waals surface area (Å²) in [5.74, 6) is -1.03. The number of carboxylic acids is 1. The Morgan fingerprint density at radius 3 is 2.23 bits per heavy atom. The van der Waals surface area contributed by atoms with Crippen molar-refractivity contribution < 1.29 is 19.1 Å². The zero-order chi connectivity index (χ0) is 28.3. The monoisotopic (exact) mass is 550 g/mol. The van der Waals surface area contributed by atoms with Gasteiger partial charge in [0.1, 0.15) is 11.5 Å². The van der Waals surface area contributed by atoms with Gasteiger partial charge in [0.2, 0.25) is 0 Å². The fourth-order valence-electron chi connectivity index (χ4n) is 4.65. The molecular formula is C30H32ClFN4O3. The molecule has 0 atom stereocenters. The van der Waals surface area contributed by atoms with Crippen LogP contribution in [-0.2, 0) is 0 Å². The Labute approximate surface area is 232 Å². The minimum Gasteiger partial charge on any atom is -0.477 e. The highest BCUT2D eigenvalue weighted by molar-refractivity contribution is 6.30. The maximum atomic E-state index is 14.4. The highest BCUT2D eigenvalue weighted by Gasteiger charge is 2.21. The van der Waals surface area contributed by atoms with Crippen LogP contribution in [0.4, 0.5) is 26.2 Å². The summed E-state index contributed by atoms with van der Waals surface area (Å²) in [4.78, 5) is 27.4. The molecule has 0 saturated carbocycles. The summed E-state index contributed by atoms with van der Waals surface area (Å²) in [6, 6.07) is 17.9. The van der Waals surface area contributed by atoms with Crippen LogP contribution in [0, 0.1) is 17.7 Å². The molecule has 4 aromatic rings. The third kappa shape index (κ3) is 6.52. The van der Waals surface area contributed by atoms with E-state index in [1.165, 1.54) is 12.1 Å². The molecule has 0 aliphatic rings. The average Bonchev–Trinajstić information content (AvgIpc) is 3.25. The number of nitrogens with zero attached hydrogens (tertiary/aromatic N) is 2. The summed E-state index contributed by atoms with van der Waals surface area (Å²) < 4.78 is 16.0. The number of benzene rings is 3. The average molecular weight is 551 g/mol. The summed E-state index contributed by atoms with van der Waals surface area (Å²) >= 11 is 5.85. The number of anilines is 3. The van der Waals surface area contributed by atoms with E-state index in [0.29, 0.717) is 23.2 Å². The first-order valence-corrected chi connectivity index (χ1v) is 13.2. The van der Waals surface area contributed by atoms with Crippen molar-refractivity contribution in [1.82, 2.24) is 4.57 Å². The second-order valence-corrected chi connectivity index (χ2v) is 10.8. The van der Waals surface area contributed by atoms with Gasteiger partial charge in [0.25, 0.3) is 0 Å². The molecule has 1 heterocycles. The van der Waals surface area contributed by atoms with Crippen molar-refractivity contribution in [1.29, 1.82) is 0 Å². The van der Waals surface area contributed by atoms with Gasteiger partial charge in [0, 0.05) is 29.2 Å². The van der Waals surface area contributed by atoms with E-state index in [9.17, 15) is 19.1 Å². The van der Waals surface area contributed by atoms with Gasteiger partial charge in [-0.05, 0) is 60.4 Å². The molecule has 0 aliphatic carbocycles. The normalized spacial score (nSPS) is 11.3. The van der Waals surface area contributed by atoms with Crippen LogP contribution in [-0.4, -0.2) is 34.8 Å². The molecular weight excluding hydrogens is 519 g/mol. The van der Waals surface area contributed by atoms with Gasteiger partial charge in [0.15, 0.2) is 0 Å². The number of carboxylic acid groups (broad SMARTS) is 1. The summed E-state index contributed by atoms with van der Waals surface area (Å²) in [5.41, 5.74) is 2.63. The van der Waals surface area contributed by atoms with Gasteiger partial charge in [-0.3, -0.25) is 0 Å². The summed E-state index contributed by atoms with van der Waals surface area (Å²) in [6.07, 6.45) is 0. The van der Waals surface area contributed by atoms with E-state index in [-0.39, 0.29) is 16.4 Å². The Kier molecular flexibility index (Phi) is 8.45. The molecule has 7 nitrogen and oxygen atoms in total. The number of aromatic carboxylic acids is 1.